The molecule has 20 heavy (non-hydrogen) atoms. The van der Waals surface area contributed by atoms with E-state index in [1.807, 2.05) is 6.07 Å². The van der Waals surface area contributed by atoms with Crippen molar-refractivity contribution in [1.29, 1.82) is 0 Å². The zero-order valence-corrected chi connectivity index (χ0v) is 12.7. The molecular weight excluding hydrogens is 266 g/mol. The second kappa shape index (κ2) is 5.29. The standard InChI is InChI=1S/C16H19N3S/c1-3-9-19-14-8-6-5-7-13(14)18-16(19)12-10-11(4-2)20-15(12)17/h5-8,10H,3-4,9,17H2,1-2H3. The summed E-state index contributed by atoms with van der Waals surface area (Å²) in [6, 6.07) is 10.5. The Morgan fingerprint density at radius 2 is 2.05 bits per heavy atom. The van der Waals surface area contributed by atoms with E-state index < -0.39 is 0 Å². The Morgan fingerprint density at radius 3 is 2.75 bits per heavy atom. The summed E-state index contributed by atoms with van der Waals surface area (Å²) in [4.78, 5) is 6.11. The lowest BCUT2D eigenvalue weighted by Crippen LogP contribution is -2.00. The van der Waals surface area contributed by atoms with Gasteiger partial charge in [-0.05, 0) is 31.0 Å². The van der Waals surface area contributed by atoms with Gasteiger partial charge in [0, 0.05) is 11.4 Å². The van der Waals surface area contributed by atoms with Crippen molar-refractivity contribution >= 4 is 27.4 Å². The van der Waals surface area contributed by atoms with Crippen molar-refractivity contribution in [1.82, 2.24) is 9.55 Å². The molecule has 1 aromatic carbocycles. The van der Waals surface area contributed by atoms with Crippen LogP contribution in [0.25, 0.3) is 22.4 Å². The van der Waals surface area contributed by atoms with E-state index in [0.717, 1.165) is 41.3 Å². The van der Waals surface area contributed by atoms with E-state index in [4.69, 9.17) is 10.7 Å². The number of imidazole rings is 1. The average molecular weight is 285 g/mol. The van der Waals surface area contributed by atoms with Gasteiger partial charge in [-0.2, -0.15) is 0 Å². The lowest BCUT2D eigenvalue weighted by molar-refractivity contribution is 0.704. The Labute approximate surface area is 123 Å². The molecular formula is C16H19N3S. The lowest BCUT2D eigenvalue weighted by Gasteiger charge is -2.07. The summed E-state index contributed by atoms with van der Waals surface area (Å²) in [7, 11) is 0. The first-order valence-electron chi connectivity index (χ1n) is 7.08. The molecule has 0 saturated heterocycles. The first-order chi connectivity index (χ1) is 9.74. The Bertz CT molecular complexity index is 739. The molecule has 0 unspecified atom stereocenters. The number of fused-ring (bicyclic) bond motifs is 1. The van der Waals surface area contributed by atoms with Crippen LogP contribution in [0.3, 0.4) is 0 Å². The van der Waals surface area contributed by atoms with Gasteiger partial charge in [-0.3, -0.25) is 0 Å². The maximum Gasteiger partial charge on any atom is 0.144 e. The van der Waals surface area contributed by atoms with Crippen LogP contribution < -0.4 is 5.73 Å². The highest BCUT2D eigenvalue weighted by Gasteiger charge is 2.16. The van der Waals surface area contributed by atoms with Crippen LogP contribution in [-0.2, 0) is 13.0 Å². The molecule has 0 aliphatic rings. The third kappa shape index (κ3) is 2.10. The first kappa shape index (κ1) is 13.2. The SMILES string of the molecule is CCCn1c(-c2cc(CC)sc2N)nc2ccccc21. The molecule has 0 amide bonds. The second-order valence-electron chi connectivity index (χ2n) is 4.92. The Balaban J connectivity index is 2.23. The molecule has 0 bridgehead atoms. The molecule has 0 fully saturated rings. The van der Waals surface area contributed by atoms with E-state index in [1.54, 1.807) is 11.3 Å². The van der Waals surface area contributed by atoms with Crippen molar-refractivity contribution in [3.8, 4) is 11.4 Å². The molecule has 2 aromatic heterocycles. The number of nitrogens with two attached hydrogens (primary N) is 1. The zero-order valence-electron chi connectivity index (χ0n) is 11.9. The molecule has 0 saturated carbocycles. The van der Waals surface area contributed by atoms with Crippen LogP contribution in [0.1, 0.15) is 25.1 Å². The van der Waals surface area contributed by atoms with Gasteiger partial charge in [0.15, 0.2) is 0 Å². The van der Waals surface area contributed by atoms with Crippen molar-refractivity contribution < 1.29 is 0 Å². The van der Waals surface area contributed by atoms with Crippen molar-refractivity contribution in [2.45, 2.75) is 33.2 Å². The molecule has 2 heterocycles. The topological polar surface area (TPSA) is 43.8 Å². The fourth-order valence-electron chi connectivity index (χ4n) is 2.54. The van der Waals surface area contributed by atoms with Gasteiger partial charge in [-0.15, -0.1) is 11.3 Å². The van der Waals surface area contributed by atoms with Gasteiger partial charge in [0.1, 0.15) is 5.82 Å². The fraction of sp³-hybridized carbons (Fsp3) is 0.312. The number of hydrogen-bond donors (Lipinski definition) is 1. The van der Waals surface area contributed by atoms with Crippen molar-refractivity contribution in [3.05, 3.63) is 35.2 Å². The Kier molecular flexibility index (Phi) is 3.49. The summed E-state index contributed by atoms with van der Waals surface area (Å²) in [5, 5.41) is 0.870. The molecule has 0 aliphatic carbocycles. The Hall–Kier alpha value is -1.81. The molecule has 104 valence electrons. The van der Waals surface area contributed by atoms with Gasteiger partial charge < -0.3 is 10.3 Å². The van der Waals surface area contributed by atoms with E-state index in [-0.39, 0.29) is 0 Å². The molecule has 0 radical (unpaired) electrons. The lowest BCUT2D eigenvalue weighted by atomic mass is 10.2. The average Bonchev–Trinajstić information content (AvgIpc) is 3.00. The summed E-state index contributed by atoms with van der Waals surface area (Å²) in [6.45, 7) is 5.31. The van der Waals surface area contributed by atoms with Crippen LogP contribution in [0.2, 0.25) is 0 Å². The van der Waals surface area contributed by atoms with E-state index in [0.29, 0.717) is 0 Å². The number of aryl methyl sites for hydroxylation is 2. The molecule has 2 N–H and O–H groups in total. The number of nitrogens with zero attached hydrogens (tertiary/aromatic N) is 2. The predicted molar refractivity (Wildman–Crippen MR) is 87.1 cm³/mol. The highest BCUT2D eigenvalue weighted by atomic mass is 32.1. The number of hydrogen-bond acceptors (Lipinski definition) is 3. The summed E-state index contributed by atoms with van der Waals surface area (Å²) >= 11 is 1.67. The van der Waals surface area contributed by atoms with Crippen LogP contribution in [0.5, 0.6) is 0 Å². The number of aromatic nitrogens is 2. The van der Waals surface area contributed by atoms with Gasteiger partial charge in [-0.1, -0.05) is 26.0 Å². The minimum absolute atomic E-state index is 0.870. The molecule has 3 rings (SSSR count). The number of anilines is 1. The molecule has 0 atom stereocenters. The third-order valence-electron chi connectivity index (χ3n) is 3.50. The number of thiophene rings is 1. The molecule has 0 spiro atoms. The monoisotopic (exact) mass is 285 g/mol. The summed E-state index contributed by atoms with van der Waals surface area (Å²) < 4.78 is 2.28. The van der Waals surface area contributed by atoms with Crippen LogP contribution in [0, 0.1) is 0 Å². The number of nitrogen functional groups attached to an aromatic ring is 1. The summed E-state index contributed by atoms with van der Waals surface area (Å²) in [5.41, 5.74) is 9.51. The van der Waals surface area contributed by atoms with Crippen LogP contribution in [0.15, 0.2) is 30.3 Å². The normalized spacial score (nSPS) is 11.3. The predicted octanol–water partition coefficient (Wildman–Crippen LogP) is 4.32. The molecule has 0 aliphatic heterocycles. The number of rotatable bonds is 4. The maximum atomic E-state index is 6.20. The van der Waals surface area contributed by atoms with Gasteiger partial charge in [0.25, 0.3) is 0 Å². The van der Waals surface area contributed by atoms with E-state index >= 15 is 0 Å². The smallest absolute Gasteiger partial charge is 0.144 e. The number of para-hydroxylation sites is 2. The van der Waals surface area contributed by atoms with Crippen LogP contribution in [0.4, 0.5) is 5.00 Å². The van der Waals surface area contributed by atoms with E-state index in [1.165, 1.54) is 10.4 Å². The van der Waals surface area contributed by atoms with Crippen molar-refractivity contribution in [3.63, 3.8) is 0 Å². The summed E-state index contributed by atoms with van der Waals surface area (Å²) in [5.74, 6) is 1.00. The van der Waals surface area contributed by atoms with Crippen LogP contribution in [-0.4, -0.2) is 9.55 Å². The fourth-order valence-corrected chi connectivity index (χ4v) is 3.40. The van der Waals surface area contributed by atoms with Gasteiger partial charge >= 0.3 is 0 Å². The molecule has 3 aromatic rings. The van der Waals surface area contributed by atoms with Crippen molar-refractivity contribution in [2.75, 3.05) is 5.73 Å². The van der Waals surface area contributed by atoms with Crippen molar-refractivity contribution in [2.24, 2.45) is 0 Å². The Morgan fingerprint density at radius 1 is 1.25 bits per heavy atom. The molecule has 4 heteroatoms. The summed E-state index contributed by atoms with van der Waals surface area (Å²) in [6.07, 6.45) is 2.10. The quantitative estimate of drug-likeness (QED) is 0.776. The van der Waals surface area contributed by atoms with Crippen LogP contribution >= 0.6 is 11.3 Å². The number of benzene rings is 1. The highest BCUT2D eigenvalue weighted by Crippen LogP contribution is 2.35. The second-order valence-corrected chi connectivity index (χ2v) is 6.09. The minimum Gasteiger partial charge on any atom is -0.390 e. The first-order valence-corrected chi connectivity index (χ1v) is 7.90. The largest absolute Gasteiger partial charge is 0.390 e. The van der Waals surface area contributed by atoms with Gasteiger partial charge in [-0.25, -0.2) is 4.98 Å². The molecule has 3 nitrogen and oxygen atoms in total. The van der Waals surface area contributed by atoms with Gasteiger partial charge in [0.2, 0.25) is 0 Å². The highest BCUT2D eigenvalue weighted by molar-refractivity contribution is 7.16. The maximum absolute atomic E-state index is 6.20. The minimum atomic E-state index is 0.870. The zero-order chi connectivity index (χ0) is 14.1. The van der Waals surface area contributed by atoms with Gasteiger partial charge in [0.05, 0.1) is 21.6 Å². The van der Waals surface area contributed by atoms with E-state index in [2.05, 4.69) is 42.7 Å². The third-order valence-corrected chi connectivity index (χ3v) is 4.61. The van der Waals surface area contributed by atoms with E-state index in [9.17, 15) is 0 Å².